The fraction of sp³-hybridized carbons (Fsp3) is 0.583. The molecule has 1 aliphatic carbocycles. The number of ether oxygens (including phenoxy) is 1. The number of hydrogen-bond donors (Lipinski definition) is 3. The van der Waals surface area contributed by atoms with E-state index in [-0.39, 0.29) is 36.3 Å². The first kappa shape index (κ1) is 27.0. The molecule has 0 radical (unpaired) electrons. The number of benzene rings is 1. The van der Waals surface area contributed by atoms with E-state index in [1.165, 1.54) is 17.0 Å². The highest BCUT2D eigenvalue weighted by atomic mass is 19.4. The van der Waals surface area contributed by atoms with Crippen molar-refractivity contribution in [3.05, 3.63) is 35.6 Å². The molecule has 1 aromatic rings. The number of nitrogens with one attached hydrogen (secondary N) is 2. The van der Waals surface area contributed by atoms with Crippen LogP contribution in [0, 0.1) is 17.2 Å². The third kappa shape index (κ3) is 6.45. The SMILES string of the molecule is O=C1NCC[C@H]1C[C@H](NC(=O)[C@@H]1CC2(CC2)CN1C(=O)[C@H](O)c1ccc(F)cc1)C(=O)COC(F)(F)F. The van der Waals surface area contributed by atoms with Gasteiger partial charge < -0.3 is 20.6 Å². The van der Waals surface area contributed by atoms with Gasteiger partial charge in [-0.05, 0) is 55.2 Å². The van der Waals surface area contributed by atoms with Crippen molar-refractivity contribution in [2.45, 2.75) is 56.7 Å². The molecule has 202 valence electrons. The summed E-state index contributed by atoms with van der Waals surface area (Å²) >= 11 is 0. The number of hydrogen-bond acceptors (Lipinski definition) is 6. The molecule has 4 atom stereocenters. The Morgan fingerprint density at radius 3 is 2.46 bits per heavy atom. The van der Waals surface area contributed by atoms with E-state index in [4.69, 9.17) is 0 Å². The third-order valence-corrected chi connectivity index (χ3v) is 7.24. The number of aliphatic hydroxyl groups excluding tert-OH is 1. The second-order valence-corrected chi connectivity index (χ2v) is 9.91. The van der Waals surface area contributed by atoms with Gasteiger partial charge in [-0.2, -0.15) is 0 Å². The van der Waals surface area contributed by atoms with Crippen molar-refractivity contribution in [2.75, 3.05) is 19.7 Å². The van der Waals surface area contributed by atoms with Gasteiger partial charge in [0.1, 0.15) is 18.5 Å². The van der Waals surface area contributed by atoms with E-state index in [1.54, 1.807) is 0 Å². The van der Waals surface area contributed by atoms with Crippen LogP contribution in [0.1, 0.15) is 43.8 Å². The topological polar surface area (TPSA) is 125 Å². The van der Waals surface area contributed by atoms with Crippen molar-refractivity contribution in [1.82, 2.24) is 15.5 Å². The number of carbonyl (C=O) groups excluding carboxylic acids is 4. The highest BCUT2D eigenvalue weighted by Crippen LogP contribution is 2.55. The fourth-order valence-corrected chi connectivity index (χ4v) is 4.95. The first-order chi connectivity index (χ1) is 17.4. The monoisotopic (exact) mass is 529 g/mol. The zero-order chi connectivity index (χ0) is 27.0. The highest BCUT2D eigenvalue weighted by molar-refractivity contribution is 5.95. The lowest BCUT2D eigenvalue weighted by atomic mass is 9.95. The predicted octanol–water partition coefficient (Wildman–Crippen LogP) is 1.36. The van der Waals surface area contributed by atoms with Crippen LogP contribution in [0.25, 0.3) is 0 Å². The molecule has 1 aromatic carbocycles. The minimum atomic E-state index is -5.06. The Morgan fingerprint density at radius 2 is 1.89 bits per heavy atom. The van der Waals surface area contributed by atoms with Crippen LogP contribution in [0.5, 0.6) is 0 Å². The van der Waals surface area contributed by atoms with Crippen molar-refractivity contribution >= 4 is 23.5 Å². The van der Waals surface area contributed by atoms with E-state index in [2.05, 4.69) is 15.4 Å². The molecular formula is C24H27F4N3O6. The fourth-order valence-electron chi connectivity index (χ4n) is 4.95. The number of amides is 3. The summed E-state index contributed by atoms with van der Waals surface area (Å²) in [6.45, 7) is -0.821. The minimum Gasteiger partial charge on any atom is -0.378 e. The summed E-state index contributed by atoms with van der Waals surface area (Å²) in [5.41, 5.74) is -0.184. The Bertz CT molecular complexity index is 1060. The molecule has 3 N–H and O–H groups in total. The predicted molar refractivity (Wildman–Crippen MR) is 118 cm³/mol. The van der Waals surface area contributed by atoms with Gasteiger partial charge in [-0.15, -0.1) is 13.2 Å². The number of nitrogens with zero attached hydrogens (tertiary/aromatic N) is 1. The van der Waals surface area contributed by atoms with Gasteiger partial charge in [0.05, 0.1) is 6.04 Å². The number of ketones is 1. The van der Waals surface area contributed by atoms with Crippen LogP contribution in [-0.4, -0.2) is 71.7 Å². The lowest BCUT2D eigenvalue weighted by Gasteiger charge is -2.28. The molecule has 3 aliphatic rings. The first-order valence-electron chi connectivity index (χ1n) is 11.9. The number of Topliss-reactive ketones (excluding diaryl/α,β-unsaturated/α-hetero) is 1. The summed E-state index contributed by atoms with van der Waals surface area (Å²) in [5.74, 6) is -4.23. The van der Waals surface area contributed by atoms with Gasteiger partial charge in [-0.25, -0.2) is 4.39 Å². The summed E-state index contributed by atoms with van der Waals surface area (Å²) in [6.07, 6.45) is -4.84. The Balaban J connectivity index is 1.49. The van der Waals surface area contributed by atoms with Gasteiger partial charge in [-0.1, -0.05) is 12.1 Å². The molecule has 3 fully saturated rings. The number of rotatable bonds is 9. The van der Waals surface area contributed by atoms with Crippen LogP contribution >= 0.6 is 0 Å². The third-order valence-electron chi connectivity index (χ3n) is 7.24. The first-order valence-corrected chi connectivity index (χ1v) is 11.9. The van der Waals surface area contributed by atoms with Crippen molar-refractivity contribution < 1.29 is 46.6 Å². The summed E-state index contributed by atoms with van der Waals surface area (Å²) in [7, 11) is 0. The smallest absolute Gasteiger partial charge is 0.378 e. The summed E-state index contributed by atoms with van der Waals surface area (Å²) in [4.78, 5) is 52.2. The number of halogens is 4. The van der Waals surface area contributed by atoms with E-state index >= 15 is 0 Å². The molecule has 2 heterocycles. The Kier molecular flexibility index (Phi) is 7.56. The van der Waals surface area contributed by atoms with Gasteiger partial charge in [0, 0.05) is 19.0 Å². The molecule has 2 saturated heterocycles. The molecule has 0 bridgehead atoms. The number of alkyl halides is 3. The van der Waals surface area contributed by atoms with E-state index < -0.39 is 60.5 Å². The molecule has 1 saturated carbocycles. The molecule has 37 heavy (non-hydrogen) atoms. The number of likely N-dealkylation sites (tertiary alicyclic amines) is 1. The molecule has 1 spiro atoms. The number of carbonyl (C=O) groups is 4. The normalized spacial score (nSPS) is 24.0. The Labute approximate surface area is 209 Å². The highest BCUT2D eigenvalue weighted by Gasteiger charge is 2.56. The zero-order valence-electron chi connectivity index (χ0n) is 19.7. The van der Waals surface area contributed by atoms with Crippen LogP contribution in [0.3, 0.4) is 0 Å². The Hall–Kier alpha value is -3.06. The maximum absolute atomic E-state index is 13.3. The van der Waals surface area contributed by atoms with Crippen molar-refractivity contribution in [1.29, 1.82) is 0 Å². The summed E-state index contributed by atoms with van der Waals surface area (Å²) in [5, 5.41) is 15.6. The minimum absolute atomic E-state index is 0.131. The van der Waals surface area contributed by atoms with E-state index in [0.717, 1.165) is 25.0 Å². The van der Waals surface area contributed by atoms with Crippen molar-refractivity contribution in [3.63, 3.8) is 0 Å². The average molecular weight is 529 g/mol. The molecule has 0 unspecified atom stereocenters. The van der Waals surface area contributed by atoms with Gasteiger partial charge in [0.25, 0.3) is 5.91 Å². The molecule has 0 aromatic heterocycles. The Morgan fingerprint density at radius 1 is 1.22 bits per heavy atom. The van der Waals surface area contributed by atoms with Crippen LogP contribution in [0.2, 0.25) is 0 Å². The van der Waals surface area contributed by atoms with E-state index in [0.29, 0.717) is 13.0 Å². The standard InChI is InChI=1S/C24H27F4N3O6/c25-15-3-1-13(2-4-15)19(33)22(36)31-12-23(6-7-23)10-17(31)21(35)30-16(9-14-5-8-29-20(14)34)18(32)11-37-24(26,27)28/h1-4,14,16-17,19,33H,5-12H2,(H,29,34)(H,30,35)/t14-,16-,17-,19+/m0/s1. The van der Waals surface area contributed by atoms with E-state index in [9.17, 15) is 41.8 Å². The van der Waals surface area contributed by atoms with Crippen molar-refractivity contribution in [3.8, 4) is 0 Å². The van der Waals surface area contributed by atoms with Gasteiger partial charge >= 0.3 is 6.36 Å². The second kappa shape index (κ2) is 10.4. The van der Waals surface area contributed by atoms with Gasteiger partial charge in [-0.3, -0.25) is 23.9 Å². The van der Waals surface area contributed by atoms with Gasteiger partial charge in [0.2, 0.25) is 11.8 Å². The summed E-state index contributed by atoms with van der Waals surface area (Å²) in [6, 6.07) is 2.14. The average Bonchev–Trinajstić information content (AvgIpc) is 3.30. The molecular weight excluding hydrogens is 502 g/mol. The molecule has 4 rings (SSSR count). The lowest BCUT2D eigenvalue weighted by Crippen LogP contribution is -2.53. The van der Waals surface area contributed by atoms with Crippen molar-refractivity contribution in [2.24, 2.45) is 11.3 Å². The molecule has 2 aliphatic heterocycles. The molecule has 9 nitrogen and oxygen atoms in total. The molecule has 13 heteroatoms. The van der Waals surface area contributed by atoms with Crippen LogP contribution in [0.15, 0.2) is 24.3 Å². The van der Waals surface area contributed by atoms with E-state index in [1.807, 2.05) is 0 Å². The lowest BCUT2D eigenvalue weighted by molar-refractivity contribution is -0.321. The zero-order valence-corrected chi connectivity index (χ0v) is 19.7. The van der Waals surface area contributed by atoms with Crippen LogP contribution < -0.4 is 10.6 Å². The van der Waals surface area contributed by atoms with Crippen LogP contribution in [-0.2, 0) is 23.9 Å². The number of aliphatic hydroxyl groups is 1. The van der Waals surface area contributed by atoms with Gasteiger partial charge in [0.15, 0.2) is 11.9 Å². The summed E-state index contributed by atoms with van der Waals surface area (Å²) < 4.78 is 54.4. The van der Waals surface area contributed by atoms with Crippen LogP contribution in [0.4, 0.5) is 17.6 Å². The second-order valence-electron chi connectivity index (χ2n) is 9.91. The molecule has 3 amide bonds. The maximum Gasteiger partial charge on any atom is 0.522 e. The quantitative estimate of drug-likeness (QED) is 0.415. The largest absolute Gasteiger partial charge is 0.522 e. The maximum atomic E-state index is 13.3.